The Kier molecular flexibility index (Phi) is 3.93. The first-order valence-electron chi connectivity index (χ1n) is 7.40. The molecule has 20 heavy (non-hydrogen) atoms. The molecule has 0 unspecified atom stereocenters. The van der Waals surface area contributed by atoms with Crippen molar-refractivity contribution in [2.75, 3.05) is 5.32 Å². The molecule has 1 saturated carbocycles. The third-order valence-corrected chi connectivity index (χ3v) is 5.41. The highest BCUT2D eigenvalue weighted by Crippen LogP contribution is 2.37. The molecule has 2 aliphatic carbocycles. The summed E-state index contributed by atoms with van der Waals surface area (Å²) in [7, 11) is 0. The Labute approximate surface area is 123 Å². The molecule has 5 heteroatoms. The van der Waals surface area contributed by atoms with Gasteiger partial charge in [0.05, 0.1) is 5.56 Å². The summed E-state index contributed by atoms with van der Waals surface area (Å²) in [6, 6.07) is 2.41. The summed E-state index contributed by atoms with van der Waals surface area (Å²) < 4.78 is 0. The number of amides is 2. The second kappa shape index (κ2) is 5.84. The van der Waals surface area contributed by atoms with Crippen molar-refractivity contribution in [1.29, 1.82) is 5.26 Å². The maximum Gasteiger partial charge on any atom is 0.320 e. The van der Waals surface area contributed by atoms with Crippen molar-refractivity contribution in [1.82, 2.24) is 5.32 Å². The number of hydrogen-bond acceptors (Lipinski definition) is 3. The van der Waals surface area contributed by atoms with E-state index in [9.17, 15) is 10.1 Å². The van der Waals surface area contributed by atoms with Crippen LogP contribution >= 0.6 is 11.3 Å². The SMILES string of the molecule is N#Cc1c(NC(=O)NC2CCCC2)sc2c1CCCC2. The van der Waals surface area contributed by atoms with Crippen LogP contribution in [0.15, 0.2) is 0 Å². The standard InChI is InChI=1S/C15H19N3OS/c16-9-12-11-7-3-4-8-13(11)20-14(12)18-15(19)17-10-5-1-2-6-10/h10H,1-8H2,(H2,17,18,19). The van der Waals surface area contributed by atoms with Crippen LogP contribution in [0.2, 0.25) is 0 Å². The molecule has 2 aliphatic rings. The molecule has 3 rings (SSSR count). The molecular formula is C15H19N3OS. The quantitative estimate of drug-likeness (QED) is 0.874. The number of carbonyl (C=O) groups excluding carboxylic acids is 1. The zero-order valence-corrected chi connectivity index (χ0v) is 12.3. The second-order valence-electron chi connectivity index (χ2n) is 5.61. The number of anilines is 1. The van der Waals surface area contributed by atoms with E-state index >= 15 is 0 Å². The van der Waals surface area contributed by atoms with Gasteiger partial charge in [-0.15, -0.1) is 11.3 Å². The first kappa shape index (κ1) is 13.4. The van der Waals surface area contributed by atoms with Crippen molar-refractivity contribution in [2.24, 2.45) is 0 Å². The number of thiophene rings is 1. The number of carbonyl (C=O) groups is 1. The van der Waals surface area contributed by atoms with Crippen LogP contribution < -0.4 is 10.6 Å². The topological polar surface area (TPSA) is 64.9 Å². The largest absolute Gasteiger partial charge is 0.335 e. The molecule has 4 nitrogen and oxygen atoms in total. The number of nitriles is 1. The predicted octanol–water partition coefficient (Wildman–Crippen LogP) is 3.56. The minimum absolute atomic E-state index is 0.160. The maximum atomic E-state index is 12.0. The lowest BCUT2D eigenvalue weighted by Gasteiger charge is -2.12. The minimum atomic E-state index is -0.160. The molecule has 0 spiro atoms. The van der Waals surface area contributed by atoms with Crippen LogP contribution in [0, 0.1) is 11.3 Å². The van der Waals surface area contributed by atoms with Crippen molar-refractivity contribution in [3.8, 4) is 6.07 Å². The highest BCUT2D eigenvalue weighted by molar-refractivity contribution is 7.16. The van der Waals surface area contributed by atoms with Crippen molar-refractivity contribution in [2.45, 2.75) is 57.4 Å². The van der Waals surface area contributed by atoms with E-state index in [1.165, 1.54) is 29.7 Å². The fourth-order valence-corrected chi connectivity index (χ4v) is 4.40. The average Bonchev–Trinajstić information content (AvgIpc) is 3.05. The van der Waals surface area contributed by atoms with Gasteiger partial charge < -0.3 is 5.32 Å². The van der Waals surface area contributed by atoms with Gasteiger partial charge in [-0.1, -0.05) is 12.8 Å². The minimum Gasteiger partial charge on any atom is -0.335 e. The zero-order valence-electron chi connectivity index (χ0n) is 11.5. The van der Waals surface area contributed by atoms with Crippen LogP contribution in [0.1, 0.15) is 54.5 Å². The van der Waals surface area contributed by atoms with Gasteiger partial charge in [0.2, 0.25) is 0 Å². The van der Waals surface area contributed by atoms with Crippen LogP contribution in [0.5, 0.6) is 0 Å². The van der Waals surface area contributed by atoms with Crippen LogP contribution in [0.25, 0.3) is 0 Å². The second-order valence-corrected chi connectivity index (χ2v) is 6.71. The Bertz CT molecular complexity index is 552. The van der Waals surface area contributed by atoms with Crippen LogP contribution in [0.3, 0.4) is 0 Å². The number of nitrogens with zero attached hydrogens (tertiary/aromatic N) is 1. The first-order valence-corrected chi connectivity index (χ1v) is 8.21. The molecule has 0 radical (unpaired) electrons. The summed E-state index contributed by atoms with van der Waals surface area (Å²) in [5, 5.41) is 16.0. The van der Waals surface area contributed by atoms with Gasteiger partial charge in [-0.25, -0.2) is 4.79 Å². The lowest BCUT2D eigenvalue weighted by molar-refractivity contribution is 0.248. The molecular weight excluding hydrogens is 270 g/mol. The Hall–Kier alpha value is -1.54. The molecule has 2 amide bonds. The zero-order chi connectivity index (χ0) is 13.9. The number of aryl methyl sites for hydroxylation is 1. The van der Waals surface area contributed by atoms with Crippen molar-refractivity contribution in [3.05, 3.63) is 16.0 Å². The molecule has 1 heterocycles. The summed E-state index contributed by atoms with van der Waals surface area (Å²) >= 11 is 1.58. The van der Waals surface area contributed by atoms with Gasteiger partial charge in [0.15, 0.2) is 0 Å². The van der Waals surface area contributed by atoms with Gasteiger partial charge in [0, 0.05) is 10.9 Å². The molecule has 0 saturated heterocycles. The third-order valence-electron chi connectivity index (χ3n) is 4.20. The predicted molar refractivity (Wildman–Crippen MR) is 80.1 cm³/mol. The number of rotatable bonds is 2. The van der Waals surface area contributed by atoms with Gasteiger partial charge in [-0.2, -0.15) is 5.26 Å². The van der Waals surface area contributed by atoms with E-state index in [1.807, 2.05) is 0 Å². The fourth-order valence-electron chi connectivity index (χ4n) is 3.17. The summed E-state index contributed by atoms with van der Waals surface area (Å²) in [5.41, 5.74) is 1.85. The molecule has 0 bridgehead atoms. The van der Waals surface area contributed by atoms with E-state index in [1.54, 1.807) is 11.3 Å². The van der Waals surface area contributed by atoms with Crippen LogP contribution in [-0.2, 0) is 12.8 Å². The molecule has 2 N–H and O–H groups in total. The normalized spacial score (nSPS) is 18.4. The van der Waals surface area contributed by atoms with Crippen molar-refractivity contribution in [3.63, 3.8) is 0 Å². The first-order chi connectivity index (χ1) is 9.78. The molecule has 0 aromatic carbocycles. The summed E-state index contributed by atoms with van der Waals surface area (Å²) in [4.78, 5) is 13.3. The van der Waals surface area contributed by atoms with E-state index in [0.717, 1.165) is 37.1 Å². The Balaban J connectivity index is 1.72. The number of urea groups is 1. The van der Waals surface area contributed by atoms with Crippen LogP contribution in [0.4, 0.5) is 9.80 Å². The number of fused-ring (bicyclic) bond motifs is 1. The van der Waals surface area contributed by atoms with Crippen molar-refractivity contribution < 1.29 is 4.79 Å². The molecule has 1 aromatic heterocycles. The summed E-state index contributed by atoms with van der Waals surface area (Å²) in [5.74, 6) is 0. The average molecular weight is 289 g/mol. The molecule has 1 aromatic rings. The number of nitrogens with one attached hydrogen (secondary N) is 2. The van der Waals surface area contributed by atoms with Crippen LogP contribution in [-0.4, -0.2) is 12.1 Å². The summed E-state index contributed by atoms with van der Waals surface area (Å²) in [6.45, 7) is 0. The molecule has 106 valence electrons. The Morgan fingerprint density at radius 1 is 1.20 bits per heavy atom. The molecule has 0 atom stereocenters. The van der Waals surface area contributed by atoms with Gasteiger partial charge in [-0.05, 0) is 44.1 Å². The fraction of sp³-hybridized carbons (Fsp3) is 0.600. The highest BCUT2D eigenvalue weighted by atomic mass is 32.1. The lowest BCUT2D eigenvalue weighted by atomic mass is 9.96. The van der Waals surface area contributed by atoms with E-state index in [0.29, 0.717) is 11.6 Å². The lowest BCUT2D eigenvalue weighted by Crippen LogP contribution is -2.36. The summed E-state index contributed by atoms with van der Waals surface area (Å²) in [6.07, 6.45) is 8.88. The smallest absolute Gasteiger partial charge is 0.320 e. The number of hydrogen-bond donors (Lipinski definition) is 2. The monoisotopic (exact) mass is 289 g/mol. The van der Waals surface area contributed by atoms with Gasteiger partial charge in [0.1, 0.15) is 11.1 Å². The Morgan fingerprint density at radius 2 is 1.95 bits per heavy atom. The highest BCUT2D eigenvalue weighted by Gasteiger charge is 2.23. The van der Waals surface area contributed by atoms with E-state index < -0.39 is 0 Å². The molecule has 1 fully saturated rings. The van der Waals surface area contributed by atoms with E-state index in [4.69, 9.17) is 0 Å². The van der Waals surface area contributed by atoms with E-state index in [2.05, 4.69) is 16.7 Å². The van der Waals surface area contributed by atoms with Gasteiger partial charge >= 0.3 is 6.03 Å². The van der Waals surface area contributed by atoms with Crippen molar-refractivity contribution >= 4 is 22.4 Å². The van der Waals surface area contributed by atoms with E-state index in [-0.39, 0.29) is 6.03 Å². The van der Waals surface area contributed by atoms with Gasteiger partial charge in [-0.3, -0.25) is 5.32 Å². The molecule has 0 aliphatic heterocycles. The Morgan fingerprint density at radius 3 is 2.70 bits per heavy atom. The maximum absolute atomic E-state index is 12.0. The third kappa shape index (κ3) is 2.66. The van der Waals surface area contributed by atoms with Gasteiger partial charge in [0.25, 0.3) is 0 Å².